The molecule has 0 fully saturated rings. The Balaban J connectivity index is 1.89. The average Bonchev–Trinajstić information content (AvgIpc) is 3.13. The molecule has 150 valence electrons. The van der Waals surface area contributed by atoms with E-state index in [0.29, 0.717) is 0 Å². The van der Waals surface area contributed by atoms with Crippen molar-refractivity contribution in [3.8, 4) is 6.07 Å². The Hall–Kier alpha value is -2.77. The van der Waals surface area contributed by atoms with Crippen LogP contribution in [0.5, 0.6) is 0 Å². The summed E-state index contributed by atoms with van der Waals surface area (Å²) in [4.78, 5) is 5.58. The third-order valence-corrected chi connectivity index (χ3v) is 6.52. The van der Waals surface area contributed by atoms with E-state index in [2.05, 4.69) is 87.1 Å². The van der Waals surface area contributed by atoms with E-state index in [0.717, 1.165) is 29.1 Å². The maximum Gasteiger partial charge on any atom is 0.0969 e. The number of para-hydroxylation sites is 1. The number of likely N-dealkylation sites (N-methyl/N-ethyl adjacent to an activating group) is 1. The standard InChI is InChI=1S/C25H29N3S/c1-6-13-27(4)22-12-11-20-14-23(29-25(20)16-22)15-21(17-26)19(3)28(5)24-10-8-7-9-18(24)2/h7-12,14-16,19H,6,13H2,1-5H3/b21-15+. The summed E-state index contributed by atoms with van der Waals surface area (Å²) in [5, 5.41) is 11.1. The second-order valence-electron chi connectivity index (χ2n) is 7.58. The van der Waals surface area contributed by atoms with Gasteiger partial charge in [0.15, 0.2) is 0 Å². The molecule has 0 saturated heterocycles. The van der Waals surface area contributed by atoms with Crippen LogP contribution in [0.3, 0.4) is 0 Å². The molecule has 0 aliphatic rings. The third kappa shape index (κ3) is 4.63. The van der Waals surface area contributed by atoms with Crippen molar-refractivity contribution in [1.82, 2.24) is 0 Å². The zero-order valence-corrected chi connectivity index (χ0v) is 18.8. The Morgan fingerprint density at radius 1 is 1.17 bits per heavy atom. The van der Waals surface area contributed by atoms with Crippen molar-refractivity contribution in [3.63, 3.8) is 0 Å². The van der Waals surface area contributed by atoms with Gasteiger partial charge in [-0.25, -0.2) is 0 Å². The molecule has 2 aromatic carbocycles. The monoisotopic (exact) mass is 403 g/mol. The molecule has 0 radical (unpaired) electrons. The largest absolute Gasteiger partial charge is 0.375 e. The minimum absolute atomic E-state index is 0.00226. The first kappa shape index (κ1) is 21.0. The van der Waals surface area contributed by atoms with E-state index >= 15 is 0 Å². The van der Waals surface area contributed by atoms with Crippen LogP contribution in [-0.4, -0.2) is 26.7 Å². The lowest BCUT2D eigenvalue weighted by Crippen LogP contribution is -2.30. The van der Waals surface area contributed by atoms with Crippen LogP contribution < -0.4 is 9.80 Å². The summed E-state index contributed by atoms with van der Waals surface area (Å²) in [6.45, 7) is 7.44. The zero-order valence-electron chi connectivity index (χ0n) is 17.9. The van der Waals surface area contributed by atoms with E-state index in [9.17, 15) is 5.26 Å². The molecule has 0 N–H and O–H groups in total. The number of benzene rings is 2. The molecular formula is C25H29N3S. The summed E-state index contributed by atoms with van der Waals surface area (Å²) in [6, 6.07) is 19.5. The first-order valence-corrected chi connectivity index (χ1v) is 10.9. The molecular weight excluding hydrogens is 374 g/mol. The van der Waals surface area contributed by atoms with Crippen LogP contribution in [0, 0.1) is 18.3 Å². The van der Waals surface area contributed by atoms with Gasteiger partial charge in [-0.05, 0) is 61.6 Å². The van der Waals surface area contributed by atoms with Crippen LogP contribution in [-0.2, 0) is 0 Å². The number of hydrogen-bond donors (Lipinski definition) is 0. The molecule has 29 heavy (non-hydrogen) atoms. The topological polar surface area (TPSA) is 30.3 Å². The highest BCUT2D eigenvalue weighted by molar-refractivity contribution is 7.19. The molecule has 1 atom stereocenters. The van der Waals surface area contributed by atoms with E-state index < -0.39 is 0 Å². The number of rotatable bonds is 7. The second-order valence-corrected chi connectivity index (χ2v) is 8.69. The Bertz CT molecular complexity index is 1060. The highest BCUT2D eigenvalue weighted by Crippen LogP contribution is 2.32. The van der Waals surface area contributed by atoms with Crippen molar-refractivity contribution >= 4 is 38.9 Å². The van der Waals surface area contributed by atoms with Crippen LogP contribution in [0.25, 0.3) is 16.2 Å². The Morgan fingerprint density at radius 2 is 1.93 bits per heavy atom. The Labute approximate surface area is 178 Å². The van der Waals surface area contributed by atoms with E-state index in [1.807, 2.05) is 18.2 Å². The zero-order chi connectivity index (χ0) is 21.0. The van der Waals surface area contributed by atoms with Crippen molar-refractivity contribution in [2.24, 2.45) is 0 Å². The number of fused-ring (bicyclic) bond motifs is 1. The number of nitrogens with zero attached hydrogens (tertiary/aromatic N) is 3. The lowest BCUT2D eigenvalue weighted by atomic mass is 10.1. The fourth-order valence-electron chi connectivity index (χ4n) is 3.59. The maximum atomic E-state index is 9.83. The first-order chi connectivity index (χ1) is 13.9. The quantitative estimate of drug-likeness (QED) is 0.423. The van der Waals surface area contributed by atoms with Crippen LogP contribution in [0.2, 0.25) is 0 Å². The molecule has 0 aliphatic heterocycles. The average molecular weight is 404 g/mol. The molecule has 0 bridgehead atoms. The first-order valence-electron chi connectivity index (χ1n) is 10.1. The number of aryl methyl sites for hydroxylation is 1. The van der Waals surface area contributed by atoms with Crippen LogP contribution in [0.4, 0.5) is 11.4 Å². The van der Waals surface area contributed by atoms with Gasteiger partial charge >= 0.3 is 0 Å². The fraction of sp³-hybridized carbons (Fsp3) is 0.320. The van der Waals surface area contributed by atoms with E-state index in [1.165, 1.54) is 21.3 Å². The Kier molecular flexibility index (Phi) is 6.61. The fourth-order valence-corrected chi connectivity index (χ4v) is 4.64. The molecule has 3 aromatic rings. The summed E-state index contributed by atoms with van der Waals surface area (Å²) in [7, 11) is 4.19. The van der Waals surface area contributed by atoms with Gasteiger partial charge in [-0.1, -0.05) is 31.2 Å². The molecule has 1 aromatic heterocycles. The molecule has 1 heterocycles. The predicted octanol–water partition coefficient (Wildman–Crippen LogP) is 6.49. The number of anilines is 2. The van der Waals surface area contributed by atoms with Crippen molar-refractivity contribution in [1.29, 1.82) is 5.26 Å². The Morgan fingerprint density at radius 3 is 2.62 bits per heavy atom. The molecule has 0 amide bonds. The third-order valence-electron chi connectivity index (χ3n) is 5.48. The molecule has 3 nitrogen and oxygen atoms in total. The van der Waals surface area contributed by atoms with E-state index in [4.69, 9.17) is 0 Å². The van der Waals surface area contributed by atoms with Crippen molar-refractivity contribution in [2.75, 3.05) is 30.4 Å². The van der Waals surface area contributed by atoms with Crippen LogP contribution in [0.15, 0.2) is 54.1 Å². The second kappa shape index (κ2) is 9.15. The van der Waals surface area contributed by atoms with E-state index in [-0.39, 0.29) is 6.04 Å². The van der Waals surface area contributed by atoms with Gasteiger partial charge in [-0.2, -0.15) is 5.26 Å². The van der Waals surface area contributed by atoms with Crippen molar-refractivity contribution in [3.05, 3.63) is 64.5 Å². The SMILES string of the molecule is CCCN(C)c1ccc2cc(/C=C(\C#N)C(C)N(C)c3ccccc3C)sc2c1. The minimum Gasteiger partial charge on any atom is -0.375 e. The van der Waals surface area contributed by atoms with Crippen LogP contribution >= 0.6 is 11.3 Å². The van der Waals surface area contributed by atoms with Crippen LogP contribution in [0.1, 0.15) is 30.7 Å². The molecule has 3 rings (SSSR count). The van der Waals surface area contributed by atoms with Gasteiger partial charge in [0.1, 0.15) is 0 Å². The van der Waals surface area contributed by atoms with Gasteiger partial charge < -0.3 is 9.80 Å². The smallest absolute Gasteiger partial charge is 0.0969 e. The number of nitriles is 1. The summed E-state index contributed by atoms with van der Waals surface area (Å²) in [6.07, 6.45) is 3.17. The normalized spacial score (nSPS) is 12.6. The van der Waals surface area contributed by atoms with Gasteiger partial charge in [0, 0.05) is 41.6 Å². The summed E-state index contributed by atoms with van der Waals surface area (Å²) in [5.41, 5.74) is 4.38. The summed E-state index contributed by atoms with van der Waals surface area (Å²) in [5.74, 6) is 0. The maximum absolute atomic E-state index is 9.83. The highest BCUT2D eigenvalue weighted by atomic mass is 32.1. The lowest BCUT2D eigenvalue weighted by Gasteiger charge is -2.28. The van der Waals surface area contributed by atoms with Crippen molar-refractivity contribution in [2.45, 2.75) is 33.2 Å². The highest BCUT2D eigenvalue weighted by Gasteiger charge is 2.17. The summed E-state index contributed by atoms with van der Waals surface area (Å²) < 4.78 is 1.26. The van der Waals surface area contributed by atoms with Gasteiger partial charge in [-0.3, -0.25) is 0 Å². The number of hydrogen-bond acceptors (Lipinski definition) is 4. The number of thiophene rings is 1. The molecule has 4 heteroatoms. The molecule has 0 saturated carbocycles. The van der Waals surface area contributed by atoms with Gasteiger partial charge in [0.2, 0.25) is 0 Å². The molecule has 0 spiro atoms. The lowest BCUT2D eigenvalue weighted by molar-refractivity contribution is 0.799. The van der Waals surface area contributed by atoms with E-state index in [1.54, 1.807) is 11.3 Å². The molecule has 0 aliphatic carbocycles. The van der Waals surface area contributed by atoms with Gasteiger partial charge in [0.25, 0.3) is 0 Å². The van der Waals surface area contributed by atoms with Crippen molar-refractivity contribution < 1.29 is 0 Å². The molecule has 1 unspecified atom stereocenters. The van der Waals surface area contributed by atoms with Gasteiger partial charge in [-0.15, -0.1) is 11.3 Å². The predicted molar refractivity (Wildman–Crippen MR) is 128 cm³/mol. The van der Waals surface area contributed by atoms with Gasteiger partial charge in [0.05, 0.1) is 17.7 Å². The minimum atomic E-state index is -0.00226. The summed E-state index contributed by atoms with van der Waals surface area (Å²) >= 11 is 1.75.